The summed E-state index contributed by atoms with van der Waals surface area (Å²) in [6, 6.07) is 21.9. The van der Waals surface area contributed by atoms with Gasteiger partial charge in [0.2, 0.25) is 0 Å². The average Bonchev–Trinajstić information content (AvgIpc) is 1.78. The van der Waals surface area contributed by atoms with Crippen LogP contribution in [-0.4, -0.2) is 122 Å². The van der Waals surface area contributed by atoms with Gasteiger partial charge < -0.3 is 28.8 Å². The molecular weight excluding hydrogens is 2020 g/mol. The number of carbonyl (C=O) groups excluding carboxylic acids is 2. The zero-order chi connectivity index (χ0) is 98.2. The van der Waals surface area contributed by atoms with Crippen molar-refractivity contribution in [2.75, 3.05) is 13.2 Å². The molecule has 15 rings (SSSR count). The van der Waals surface area contributed by atoms with E-state index in [4.69, 9.17) is 40.0 Å². The standard InChI is InChI=1S/C24H20F2N4O4S.C24H22F2N4O3S.C18H14ClF2N3O2.C18H14F2N3O2.C6H6BrNO2S.3CH3.Sn/c1-4-33-24(32)20-12-35-23(29-20)18-8-21(13(2)9-27-18)30-14(3)5-16(7-22(30)31)34-11-19-17(26)6-15(25)10-28-19;1-13-9-27-18(23-29-21(12-34-23)24(3,4)32)8-20(13)30-14(2)5-16(7-22(30)31)33-11-19-17(26)6-15(25)10-28-19;1-10-7-23-17(19)6-16(10)24-11(2)3-13(5-18(24)25)26-9-15-14(21)4-12(20)8-22-15;1-11-8-21-4-3-17(11)23-12(2)5-14(7-18(23)24)25-10-16-15(20)6-13(19)9-22-16;1-2-10-5(9)4-3-11-6(7)8-4;;;;/h5-10,12H,4,11H2,1-3H3;5-10,12,32H,11H2,1-4H3;3-8H,9H2,1-2H3;3,5-9H,10H2,1-2H3;3H,2H2,1H3;3*1H3;. The molecule has 0 saturated carbocycles. The van der Waals surface area contributed by atoms with Crippen molar-refractivity contribution >= 4 is 95.6 Å². The van der Waals surface area contributed by atoms with E-state index in [9.17, 15) is 69.0 Å². The molecule has 135 heavy (non-hydrogen) atoms. The maximum absolute atomic E-state index is 13.8. The van der Waals surface area contributed by atoms with Crippen molar-refractivity contribution in [3.63, 3.8) is 0 Å². The van der Waals surface area contributed by atoms with E-state index in [1.54, 1.807) is 130 Å². The van der Waals surface area contributed by atoms with Gasteiger partial charge in [-0.25, -0.2) is 60.3 Å². The molecule has 0 saturated heterocycles. The number of hydrogen-bond acceptors (Lipinski definition) is 27. The first-order valence-corrected chi connectivity index (χ1v) is 54.5. The second-order valence-electron chi connectivity index (χ2n) is 31.2. The van der Waals surface area contributed by atoms with E-state index in [1.807, 2.05) is 46.9 Å². The summed E-state index contributed by atoms with van der Waals surface area (Å²) in [4.78, 5) is 126. The molecule has 0 aliphatic heterocycles. The Morgan fingerprint density at radius 2 is 0.719 bits per heavy atom. The number of pyridine rings is 12. The number of nitrogens with zero attached hydrogens (tertiary/aromatic N) is 15. The molecule has 0 unspecified atom stereocenters. The van der Waals surface area contributed by atoms with Gasteiger partial charge in [0.1, 0.15) is 110 Å². The number of aromatic nitrogens is 15. The Bertz CT molecular complexity index is 7180. The first-order valence-electron chi connectivity index (χ1n) is 40.7. The predicted octanol–water partition coefficient (Wildman–Crippen LogP) is 18.3. The van der Waals surface area contributed by atoms with Crippen LogP contribution < -0.4 is 44.9 Å². The minimum absolute atomic E-state index is 0.0273. The maximum atomic E-state index is 13.8. The molecule has 15 aromatic rings. The zero-order valence-corrected chi connectivity index (χ0v) is 82.5. The Balaban J connectivity index is 0.000000167. The molecule has 42 heteroatoms. The quantitative estimate of drug-likeness (QED) is 0.0254. The third-order valence-electron chi connectivity index (χ3n) is 19.3. The fourth-order valence-corrected chi connectivity index (χ4v) is 18.4. The molecule has 0 spiro atoms. The minimum atomic E-state index is -2.41. The van der Waals surface area contributed by atoms with E-state index in [2.05, 4.69) is 85.6 Å². The largest absolute Gasteiger partial charge is 0.487 e. The van der Waals surface area contributed by atoms with Gasteiger partial charge in [-0.05, 0) is 120 Å². The van der Waals surface area contributed by atoms with E-state index in [1.165, 1.54) is 72.0 Å². The van der Waals surface area contributed by atoms with Crippen molar-refractivity contribution < 1.29 is 78.2 Å². The SMILES string of the molecule is CCOC(=O)c1csc(-c2cc(-n3c(C)cc(OCc4ncc(F)cc4F)cc3=O)c(C)cn2)n1.CCOC(=O)c1csc(Br)n1.Cc1cn[c]([Sn]([CH3])([CH3])[CH3])cc1-n1c(C)cc(OCc2ncc(F)cc2F)cc1=O.Cc1cnc(-c2nc(C(C)(C)O)cs2)cc1-n1c(C)cc(OCc2ncc(F)cc2F)cc1=O.Cc1cnc(Cl)cc1-n1c(C)cc(OCc2ncc(F)cc2F)cc1=O. The van der Waals surface area contributed by atoms with E-state index >= 15 is 0 Å². The molecule has 15 heterocycles. The van der Waals surface area contributed by atoms with Crippen LogP contribution in [-0.2, 0) is 41.5 Å². The van der Waals surface area contributed by atoms with Gasteiger partial charge in [0.05, 0.1) is 54.6 Å². The molecule has 28 nitrogen and oxygen atoms in total. The summed E-state index contributed by atoms with van der Waals surface area (Å²) in [7, 11) is 0. The van der Waals surface area contributed by atoms with E-state index in [0.717, 1.165) is 80.7 Å². The Morgan fingerprint density at radius 1 is 0.407 bits per heavy atom. The number of halogens is 10. The van der Waals surface area contributed by atoms with Crippen LogP contribution in [0.4, 0.5) is 35.1 Å². The topological polar surface area (TPSA) is 340 Å². The number of carbonyl (C=O) groups is 2. The summed E-state index contributed by atoms with van der Waals surface area (Å²) >= 11 is 10.6. The molecule has 0 atom stereocenters. The van der Waals surface area contributed by atoms with Gasteiger partial charge in [-0.3, -0.25) is 53.0 Å². The van der Waals surface area contributed by atoms with Crippen LogP contribution in [0.2, 0.25) is 20.0 Å². The monoisotopic (exact) mass is 2100 g/mol. The number of thiazole rings is 3. The molecule has 1 N–H and O–H groups in total. The molecule has 0 bridgehead atoms. The van der Waals surface area contributed by atoms with Crippen molar-refractivity contribution in [1.82, 2.24) is 73.1 Å². The molecule has 0 amide bonds. The third kappa shape index (κ3) is 27.0. The number of hydrogen-bond donors (Lipinski definition) is 1. The van der Waals surface area contributed by atoms with Crippen molar-refractivity contribution in [3.8, 4) is 67.2 Å². The first kappa shape index (κ1) is 103. The molecule has 0 aromatic carbocycles. The summed E-state index contributed by atoms with van der Waals surface area (Å²) in [5, 5.41) is 16.6. The van der Waals surface area contributed by atoms with Crippen LogP contribution >= 0.6 is 61.5 Å². The number of ether oxygens (including phenoxy) is 6. The Morgan fingerprint density at radius 3 is 1.03 bits per heavy atom. The molecule has 0 aliphatic carbocycles. The second kappa shape index (κ2) is 45.4. The number of aryl methyl sites for hydroxylation is 8. The third-order valence-corrected chi connectivity index (χ3v) is 27.8. The van der Waals surface area contributed by atoms with Gasteiger partial charge in [0.15, 0.2) is 32.8 Å². The predicted molar refractivity (Wildman–Crippen MR) is 498 cm³/mol. The fraction of sp³-hybridized carbons (Fsp3) is 0.237. The summed E-state index contributed by atoms with van der Waals surface area (Å²) in [6.45, 7) is 20.9. The smallest absolute Gasteiger partial charge is 0.259 e. The van der Waals surface area contributed by atoms with Gasteiger partial charge in [-0.1, -0.05) is 11.6 Å². The van der Waals surface area contributed by atoms with Crippen molar-refractivity contribution in [3.05, 3.63) is 345 Å². The number of rotatable bonds is 24. The van der Waals surface area contributed by atoms with Gasteiger partial charge in [-0.15, -0.1) is 34.0 Å². The van der Waals surface area contributed by atoms with Gasteiger partial charge in [-0.2, -0.15) is 0 Å². The number of aliphatic hydroxyl groups is 1. The zero-order valence-electron chi connectivity index (χ0n) is 74.9. The molecule has 0 fully saturated rings. The Hall–Kier alpha value is -13.0. The Labute approximate surface area is 796 Å². The minimum Gasteiger partial charge on any atom is -0.487 e. The van der Waals surface area contributed by atoms with Crippen LogP contribution in [0, 0.1) is 102 Å². The van der Waals surface area contributed by atoms with Crippen LogP contribution in [0.15, 0.2) is 186 Å². The number of esters is 2. The van der Waals surface area contributed by atoms with Gasteiger partial charge >= 0.3 is 174 Å². The van der Waals surface area contributed by atoms with Crippen LogP contribution in [0.25, 0.3) is 44.2 Å². The maximum Gasteiger partial charge on any atom is 0.259 e. The van der Waals surface area contributed by atoms with Gasteiger partial charge in [0, 0.05) is 106 Å². The van der Waals surface area contributed by atoms with Crippen molar-refractivity contribution in [2.45, 2.75) is 130 Å². The molecular formula is C93H85BrClF8N15O13S3Sn. The normalized spacial score (nSPS) is 11.1. The first-order chi connectivity index (χ1) is 63.9. The van der Waals surface area contributed by atoms with E-state index < -0.39 is 76.5 Å². The second-order valence-corrected chi connectivity index (χ2v) is 49.7. The van der Waals surface area contributed by atoms with Crippen LogP contribution in [0.1, 0.15) is 122 Å². The molecule has 0 aliphatic rings. The molecule has 0 radical (unpaired) electrons. The molecule has 702 valence electrons. The van der Waals surface area contributed by atoms with E-state index in [0.29, 0.717) is 88.9 Å². The van der Waals surface area contributed by atoms with E-state index in [-0.39, 0.29) is 112 Å². The summed E-state index contributed by atoms with van der Waals surface area (Å²) in [5.74, 6) is -6.19. The van der Waals surface area contributed by atoms with Crippen molar-refractivity contribution in [2.24, 2.45) is 0 Å². The summed E-state index contributed by atoms with van der Waals surface area (Å²) in [6.07, 6.45) is 10.3. The van der Waals surface area contributed by atoms with Crippen molar-refractivity contribution in [1.29, 1.82) is 0 Å². The Kier molecular flexibility index (Phi) is 34.4. The summed E-state index contributed by atoms with van der Waals surface area (Å²) < 4.78 is 147. The fourth-order valence-electron chi connectivity index (χ4n) is 12.6. The average molecular weight is 2100 g/mol. The summed E-state index contributed by atoms with van der Waals surface area (Å²) in [5.41, 5.74) is 7.85. The molecule has 15 aromatic heterocycles. The van der Waals surface area contributed by atoms with Crippen LogP contribution in [0.3, 0.4) is 0 Å². The van der Waals surface area contributed by atoms with Gasteiger partial charge in [0.25, 0.3) is 16.7 Å². The van der Waals surface area contributed by atoms with Crippen LogP contribution in [0.5, 0.6) is 23.0 Å².